The number of rotatable bonds is 4. The quantitative estimate of drug-likeness (QED) is 0.909. The van der Waals surface area contributed by atoms with Crippen LogP contribution in [0.3, 0.4) is 0 Å². The molecule has 0 saturated carbocycles. The fraction of sp³-hybridized carbons (Fsp3) is 0.538. The van der Waals surface area contributed by atoms with Crippen LogP contribution in [-0.4, -0.2) is 12.2 Å². The van der Waals surface area contributed by atoms with Gasteiger partial charge >= 0.3 is 0 Å². The van der Waals surface area contributed by atoms with Crippen LogP contribution in [-0.2, 0) is 0 Å². The highest BCUT2D eigenvalue weighted by atomic mass is 79.9. The van der Waals surface area contributed by atoms with Crippen molar-refractivity contribution in [3.05, 3.63) is 28.2 Å². The molecule has 0 amide bonds. The summed E-state index contributed by atoms with van der Waals surface area (Å²) in [5, 5.41) is 10.3. The van der Waals surface area contributed by atoms with E-state index >= 15 is 0 Å². The minimum atomic E-state index is -0.459. The van der Waals surface area contributed by atoms with Gasteiger partial charge in [-0.2, -0.15) is 0 Å². The Morgan fingerprint density at radius 1 is 1.44 bits per heavy atom. The maximum Gasteiger partial charge on any atom is 0.133 e. The van der Waals surface area contributed by atoms with E-state index in [0.29, 0.717) is 0 Å². The van der Waals surface area contributed by atoms with Crippen molar-refractivity contribution in [2.75, 3.05) is 7.11 Å². The molecule has 1 atom stereocenters. The first-order chi connectivity index (χ1) is 7.42. The molecule has 1 aromatic carbocycles. The molecule has 90 valence electrons. The first kappa shape index (κ1) is 13.5. The number of aliphatic hydroxyl groups is 1. The normalized spacial score (nSPS) is 13.6. The molecule has 2 nitrogen and oxygen atoms in total. The van der Waals surface area contributed by atoms with Crippen molar-refractivity contribution in [1.82, 2.24) is 0 Å². The van der Waals surface area contributed by atoms with E-state index in [9.17, 15) is 5.11 Å². The summed E-state index contributed by atoms with van der Waals surface area (Å²) in [7, 11) is 1.63. The summed E-state index contributed by atoms with van der Waals surface area (Å²) in [5.74, 6) is 0.783. The lowest BCUT2D eigenvalue weighted by Crippen LogP contribution is -2.20. The fourth-order valence-electron chi connectivity index (χ4n) is 1.50. The van der Waals surface area contributed by atoms with Gasteiger partial charge in [-0.05, 0) is 45.5 Å². The molecule has 0 bridgehead atoms. The van der Waals surface area contributed by atoms with Crippen molar-refractivity contribution in [1.29, 1.82) is 0 Å². The predicted molar refractivity (Wildman–Crippen MR) is 69.7 cm³/mol. The van der Waals surface area contributed by atoms with Gasteiger partial charge in [0.05, 0.1) is 17.7 Å². The van der Waals surface area contributed by atoms with Crippen molar-refractivity contribution < 1.29 is 9.84 Å². The second-order valence-corrected chi connectivity index (χ2v) is 5.49. The zero-order chi connectivity index (χ0) is 12.3. The number of ether oxygens (including phenoxy) is 1. The third-order valence-corrected chi connectivity index (χ3v) is 3.76. The standard InChI is InChI=1S/C13H19BrO2/c1-5-13(2,3)12(15)9-6-7-11(16-4)10(14)8-9/h6-8,12,15H,5H2,1-4H3. The number of hydrogen-bond acceptors (Lipinski definition) is 2. The van der Waals surface area contributed by atoms with Crippen LogP contribution in [0, 0.1) is 5.41 Å². The van der Waals surface area contributed by atoms with Gasteiger partial charge in [0.15, 0.2) is 0 Å². The van der Waals surface area contributed by atoms with Gasteiger partial charge in [-0.1, -0.05) is 26.8 Å². The van der Waals surface area contributed by atoms with Crippen molar-refractivity contribution >= 4 is 15.9 Å². The van der Waals surface area contributed by atoms with Crippen LogP contribution >= 0.6 is 15.9 Å². The molecule has 1 aromatic rings. The van der Waals surface area contributed by atoms with Crippen molar-refractivity contribution in [3.8, 4) is 5.75 Å². The highest BCUT2D eigenvalue weighted by Crippen LogP contribution is 2.38. The summed E-state index contributed by atoms with van der Waals surface area (Å²) in [4.78, 5) is 0. The van der Waals surface area contributed by atoms with Crippen molar-refractivity contribution in [2.24, 2.45) is 5.41 Å². The van der Waals surface area contributed by atoms with Gasteiger partial charge in [0, 0.05) is 0 Å². The average Bonchev–Trinajstić information content (AvgIpc) is 2.27. The Bertz CT molecular complexity index is 361. The molecule has 0 radical (unpaired) electrons. The van der Waals surface area contributed by atoms with E-state index in [4.69, 9.17) is 4.74 Å². The molecule has 16 heavy (non-hydrogen) atoms. The van der Waals surface area contributed by atoms with Gasteiger partial charge in [-0.15, -0.1) is 0 Å². The van der Waals surface area contributed by atoms with E-state index in [1.54, 1.807) is 7.11 Å². The topological polar surface area (TPSA) is 29.5 Å². The van der Waals surface area contributed by atoms with Crippen LogP contribution in [0.2, 0.25) is 0 Å². The number of benzene rings is 1. The summed E-state index contributed by atoms with van der Waals surface area (Å²) in [6, 6.07) is 5.70. The molecule has 0 saturated heterocycles. The molecule has 0 spiro atoms. The molecule has 0 aliphatic carbocycles. The van der Waals surface area contributed by atoms with Gasteiger partial charge in [0.25, 0.3) is 0 Å². The fourth-order valence-corrected chi connectivity index (χ4v) is 2.06. The van der Waals surface area contributed by atoms with Gasteiger partial charge in [0.2, 0.25) is 0 Å². The Morgan fingerprint density at radius 2 is 2.06 bits per heavy atom. The minimum absolute atomic E-state index is 0.117. The SMILES string of the molecule is CCC(C)(C)C(O)c1ccc(OC)c(Br)c1. The largest absolute Gasteiger partial charge is 0.496 e. The second kappa shape index (κ2) is 5.19. The number of hydrogen-bond donors (Lipinski definition) is 1. The average molecular weight is 287 g/mol. The Hall–Kier alpha value is -0.540. The van der Waals surface area contributed by atoms with E-state index < -0.39 is 6.10 Å². The predicted octanol–water partition coefficient (Wildman–Crippen LogP) is 3.93. The first-order valence-corrected chi connectivity index (χ1v) is 6.23. The molecular weight excluding hydrogens is 268 g/mol. The third kappa shape index (κ3) is 2.77. The van der Waals surface area contributed by atoms with Crippen LogP contribution in [0.5, 0.6) is 5.75 Å². The van der Waals surface area contributed by atoms with E-state index in [2.05, 4.69) is 36.7 Å². The molecule has 3 heteroatoms. The van der Waals surface area contributed by atoms with Crippen molar-refractivity contribution in [3.63, 3.8) is 0 Å². The molecule has 0 fully saturated rings. The Labute approximate surface area is 106 Å². The maximum atomic E-state index is 10.3. The smallest absolute Gasteiger partial charge is 0.133 e. The van der Waals surface area contributed by atoms with E-state index in [-0.39, 0.29) is 5.41 Å². The molecule has 1 unspecified atom stereocenters. The lowest BCUT2D eigenvalue weighted by atomic mass is 9.80. The monoisotopic (exact) mass is 286 g/mol. The van der Waals surface area contributed by atoms with E-state index in [0.717, 1.165) is 22.2 Å². The first-order valence-electron chi connectivity index (χ1n) is 5.44. The van der Waals surface area contributed by atoms with Crippen LogP contribution < -0.4 is 4.74 Å². The third-order valence-electron chi connectivity index (χ3n) is 3.14. The molecule has 1 N–H and O–H groups in total. The zero-order valence-electron chi connectivity index (χ0n) is 10.2. The molecule has 0 aliphatic rings. The Morgan fingerprint density at radius 3 is 2.50 bits per heavy atom. The number of methoxy groups -OCH3 is 1. The molecule has 1 rings (SSSR count). The highest BCUT2D eigenvalue weighted by molar-refractivity contribution is 9.10. The molecule has 0 heterocycles. The van der Waals surface area contributed by atoms with Crippen LogP contribution in [0.25, 0.3) is 0 Å². The van der Waals surface area contributed by atoms with Crippen LogP contribution in [0.1, 0.15) is 38.9 Å². The lowest BCUT2D eigenvalue weighted by Gasteiger charge is -2.29. The van der Waals surface area contributed by atoms with Crippen molar-refractivity contribution in [2.45, 2.75) is 33.3 Å². The van der Waals surface area contributed by atoms with E-state index in [1.165, 1.54) is 0 Å². The Kier molecular flexibility index (Phi) is 4.39. The van der Waals surface area contributed by atoms with Crippen LogP contribution in [0.15, 0.2) is 22.7 Å². The highest BCUT2D eigenvalue weighted by Gasteiger charge is 2.27. The second-order valence-electron chi connectivity index (χ2n) is 4.64. The summed E-state index contributed by atoms with van der Waals surface area (Å²) < 4.78 is 6.04. The molecule has 0 aromatic heterocycles. The van der Waals surface area contributed by atoms with Gasteiger partial charge in [-0.3, -0.25) is 0 Å². The summed E-state index contributed by atoms with van der Waals surface area (Å²) in [6.45, 7) is 6.22. The number of halogens is 1. The summed E-state index contributed by atoms with van der Waals surface area (Å²) in [5.41, 5.74) is 0.799. The minimum Gasteiger partial charge on any atom is -0.496 e. The summed E-state index contributed by atoms with van der Waals surface area (Å²) >= 11 is 3.43. The zero-order valence-corrected chi connectivity index (χ0v) is 11.8. The van der Waals surface area contributed by atoms with Crippen LogP contribution in [0.4, 0.5) is 0 Å². The van der Waals surface area contributed by atoms with Gasteiger partial charge in [0.1, 0.15) is 5.75 Å². The van der Waals surface area contributed by atoms with Gasteiger partial charge < -0.3 is 9.84 Å². The summed E-state index contributed by atoms with van der Waals surface area (Å²) in [6.07, 6.45) is 0.470. The molecular formula is C13H19BrO2. The number of aliphatic hydroxyl groups excluding tert-OH is 1. The van der Waals surface area contributed by atoms with E-state index in [1.807, 2.05) is 18.2 Å². The Balaban J connectivity index is 3.02. The maximum absolute atomic E-state index is 10.3. The lowest BCUT2D eigenvalue weighted by molar-refractivity contribution is 0.0465. The molecule has 0 aliphatic heterocycles. The van der Waals surface area contributed by atoms with Gasteiger partial charge in [-0.25, -0.2) is 0 Å².